The first-order valence-electron chi connectivity index (χ1n) is 6.30. The number of aryl methyl sites for hydroxylation is 2. The van der Waals surface area contributed by atoms with E-state index in [1.807, 2.05) is 6.92 Å². The van der Waals surface area contributed by atoms with Crippen LogP contribution in [-0.2, 0) is 7.05 Å². The molecule has 0 saturated heterocycles. The van der Waals surface area contributed by atoms with Crippen LogP contribution in [0.4, 0.5) is 0 Å². The zero-order chi connectivity index (χ0) is 15.1. The lowest BCUT2D eigenvalue weighted by molar-refractivity contribution is 0.103. The molecule has 0 radical (unpaired) electrons. The number of nitrogens with zero attached hydrogens (tertiary/aromatic N) is 3. The average molecular weight is 302 g/mol. The largest absolute Gasteiger partial charge is 0.507 e. The first-order chi connectivity index (χ1) is 9.97. The SMILES string of the molecule is Cc1nn(C)c2ncc(C(=O)c3cc(Cl)ccc3O)cc12. The number of halogens is 1. The Morgan fingerprint density at radius 1 is 1.33 bits per heavy atom. The molecule has 106 valence electrons. The first kappa shape index (κ1) is 13.6. The molecule has 0 unspecified atom stereocenters. The molecule has 5 nitrogen and oxygen atoms in total. The molecule has 0 aliphatic carbocycles. The van der Waals surface area contributed by atoms with Crippen LogP contribution in [0.1, 0.15) is 21.6 Å². The maximum Gasteiger partial charge on any atom is 0.198 e. The molecule has 2 aromatic heterocycles. The lowest BCUT2D eigenvalue weighted by Gasteiger charge is -2.05. The summed E-state index contributed by atoms with van der Waals surface area (Å²) in [7, 11) is 1.80. The highest BCUT2D eigenvalue weighted by molar-refractivity contribution is 6.31. The predicted molar refractivity (Wildman–Crippen MR) is 79.8 cm³/mol. The number of pyridine rings is 1. The van der Waals surface area contributed by atoms with Crippen LogP contribution in [0, 0.1) is 6.92 Å². The number of fused-ring (bicyclic) bond motifs is 1. The summed E-state index contributed by atoms with van der Waals surface area (Å²) in [5.41, 5.74) is 2.05. The molecule has 0 bridgehead atoms. The third-order valence-electron chi connectivity index (χ3n) is 3.33. The molecule has 3 rings (SSSR count). The van der Waals surface area contributed by atoms with Gasteiger partial charge in [-0.15, -0.1) is 0 Å². The Morgan fingerprint density at radius 2 is 2.10 bits per heavy atom. The summed E-state index contributed by atoms with van der Waals surface area (Å²) in [5.74, 6) is -0.431. The Kier molecular flexibility index (Phi) is 3.14. The molecule has 21 heavy (non-hydrogen) atoms. The maximum atomic E-state index is 12.5. The van der Waals surface area contributed by atoms with Crippen molar-refractivity contribution >= 4 is 28.4 Å². The molecule has 3 aromatic rings. The van der Waals surface area contributed by atoms with E-state index in [4.69, 9.17) is 11.6 Å². The van der Waals surface area contributed by atoms with Crippen LogP contribution in [0.5, 0.6) is 5.75 Å². The van der Waals surface area contributed by atoms with Crippen molar-refractivity contribution in [3.63, 3.8) is 0 Å². The van der Waals surface area contributed by atoms with Crippen LogP contribution in [-0.4, -0.2) is 25.7 Å². The van der Waals surface area contributed by atoms with E-state index in [0.717, 1.165) is 11.1 Å². The van der Waals surface area contributed by atoms with Crippen molar-refractivity contribution in [2.24, 2.45) is 7.05 Å². The fraction of sp³-hybridized carbons (Fsp3) is 0.133. The molecule has 6 heteroatoms. The van der Waals surface area contributed by atoms with Crippen molar-refractivity contribution in [1.29, 1.82) is 0 Å². The molecular weight excluding hydrogens is 290 g/mol. The third-order valence-corrected chi connectivity index (χ3v) is 3.56. The maximum absolute atomic E-state index is 12.5. The highest BCUT2D eigenvalue weighted by atomic mass is 35.5. The van der Waals surface area contributed by atoms with E-state index in [-0.39, 0.29) is 17.1 Å². The number of hydrogen-bond donors (Lipinski definition) is 1. The molecule has 0 atom stereocenters. The van der Waals surface area contributed by atoms with Crippen molar-refractivity contribution in [2.45, 2.75) is 6.92 Å². The van der Waals surface area contributed by atoms with Gasteiger partial charge in [0.2, 0.25) is 0 Å². The minimum Gasteiger partial charge on any atom is -0.507 e. The summed E-state index contributed by atoms with van der Waals surface area (Å²) in [4.78, 5) is 16.8. The normalized spacial score (nSPS) is 11.0. The van der Waals surface area contributed by atoms with E-state index in [2.05, 4.69) is 10.1 Å². The molecule has 1 aromatic carbocycles. The number of hydrogen-bond acceptors (Lipinski definition) is 4. The van der Waals surface area contributed by atoms with Crippen LogP contribution in [0.15, 0.2) is 30.5 Å². The van der Waals surface area contributed by atoms with Crippen molar-refractivity contribution in [2.75, 3.05) is 0 Å². The summed E-state index contributed by atoms with van der Waals surface area (Å²) >= 11 is 5.88. The van der Waals surface area contributed by atoms with Crippen LogP contribution in [0.2, 0.25) is 5.02 Å². The summed E-state index contributed by atoms with van der Waals surface area (Å²) in [5, 5.41) is 15.3. The van der Waals surface area contributed by atoms with Gasteiger partial charge in [0, 0.05) is 29.2 Å². The van der Waals surface area contributed by atoms with Gasteiger partial charge in [-0.3, -0.25) is 9.48 Å². The second-order valence-electron chi connectivity index (χ2n) is 4.79. The second-order valence-corrected chi connectivity index (χ2v) is 5.23. The Labute approximate surface area is 125 Å². The van der Waals surface area contributed by atoms with Crippen molar-refractivity contribution in [3.8, 4) is 5.75 Å². The van der Waals surface area contributed by atoms with Crippen LogP contribution in [0.25, 0.3) is 11.0 Å². The van der Waals surface area contributed by atoms with Gasteiger partial charge in [-0.25, -0.2) is 4.98 Å². The summed E-state index contributed by atoms with van der Waals surface area (Å²) in [6, 6.07) is 6.10. The lowest BCUT2D eigenvalue weighted by atomic mass is 10.0. The topological polar surface area (TPSA) is 68.0 Å². The highest BCUT2D eigenvalue weighted by Crippen LogP contribution is 2.25. The van der Waals surface area contributed by atoms with Crippen molar-refractivity contribution in [1.82, 2.24) is 14.8 Å². The molecule has 0 fully saturated rings. The number of carbonyl (C=O) groups is 1. The second kappa shape index (κ2) is 4.86. The quantitative estimate of drug-likeness (QED) is 0.739. The van der Waals surface area contributed by atoms with E-state index in [0.29, 0.717) is 16.2 Å². The van der Waals surface area contributed by atoms with Crippen molar-refractivity contribution in [3.05, 3.63) is 52.3 Å². The van der Waals surface area contributed by atoms with Gasteiger partial charge in [-0.05, 0) is 31.2 Å². The van der Waals surface area contributed by atoms with E-state index < -0.39 is 0 Å². The van der Waals surface area contributed by atoms with Crippen molar-refractivity contribution < 1.29 is 9.90 Å². The molecule has 2 heterocycles. The smallest absolute Gasteiger partial charge is 0.198 e. The predicted octanol–water partition coefficient (Wildman–Crippen LogP) is 2.87. The van der Waals surface area contributed by atoms with E-state index in [1.165, 1.54) is 24.4 Å². The Hall–Kier alpha value is -2.40. The van der Waals surface area contributed by atoms with Gasteiger partial charge >= 0.3 is 0 Å². The average Bonchev–Trinajstić information content (AvgIpc) is 2.75. The number of phenolic OH excluding ortho intramolecular Hbond substituents is 1. The Bertz CT molecular complexity index is 871. The lowest BCUT2D eigenvalue weighted by Crippen LogP contribution is -2.03. The minimum atomic E-state index is -0.326. The molecular formula is C15H12ClN3O2. The first-order valence-corrected chi connectivity index (χ1v) is 6.67. The number of phenols is 1. The molecule has 0 saturated carbocycles. The number of aromatic nitrogens is 3. The zero-order valence-electron chi connectivity index (χ0n) is 11.5. The van der Waals surface area contributed by atoms with Gasteiger partial charge < -0.3 is 5.11 Å². The fourth-order valence-electron chi connectivity index (χ4n) is 2.28. The summed E-state index contributed by atoms with van der Waals surface area (Å²) < 4.78 is 1.66. The van der Waals surface area contributed by atoms with Gasteiger partial charge in [-0.1, -0.05) is 11.6 Å². The third kappa shape index (κ3) is 2.25. The summed E-state index contributed by atoms with van der Waals surface area (Å²) in [6.45, 7) is 1.86. The van der Waals surface area contributed by atoms with Gasteiger partial charge in [0.15, 0.2) is 11.4 Å². The number of rotatable bonds is 2. The molecule has 1 N–H and O–H groups in total. The number of carbonyl (C=O) groups excluding carboxylic acids is 1. The van der Waals surface area contributed by atoms with Crippen LogP contribution >= 0.6 is 11.6 Å². The number of benzene rings is 1. The summed E-state index contributed by atoms with van der Waals surface area (Å²) in [6.07, 6.45) is 1.48. The van der Waals surface area contributed by atoms with Crippen LogP contribution in [0.3, 0.4) is 0 Å². The van der Waals surface area contributed by atoms with Crippen LogP contribution < -0.4 is 0 Å². The highest BCUT2D eigenvalue weighted by Gasteiger charge is 2.16. The van der Waals surface area contributed by atoms with Gasteiger partial charge in [0.1, 0.15) is 5.75 Å². The molecule has 0 amide bonds. The van der Waals surface area contributed by atoms with Gasteiger partial charge in [0.05, 0.1) is 11.3 Å². The Balaban J connectivity index is 2.13. The van der Waals surface area contributed by atoms with E-state index in [9.17, 15) is 9.90 Å². The number of aromatic hydroxyl groups is 1. The van der Waals surface area contributed by atoms with E-state index in [1.54, 1.807) is 17.8 Å². The standard InChI is InChI=1S/C15H12ClN3O2/c1-8-11-5-9(7-17-15(11)19(2)18-8)14(21)12-6-10(16)3-4-13(12)20/h3-7,20H,1-2H3. The molecule has 0 aliphatic rings. The molecule has 0 spiro atoms. The minimum absolute atomic E-state index is 0.104. The van der Waals surface area contributed by atoms with Gasteiger partial charge in [0.25, 0.3) is 0 Å². The molecule has 0 aliphatic heterocycles. The van der Waals surface area contributed by atoms with E-state index >= 15 is 0 Å². The zero-order valence-corrected chi connectivity index (χ0v) is 12.2. The monoisotopic (exact) mass is 301 g/mol. The number of ketones is 1. The Morgan fingerprint density at radius 3 is 2.86 bits per heavy atom. The van der Waals surface area contributed by atoms with Gasteiger partial charge in [-0.2, -0.15) is 5.10 Å². The fourth-order valence-corrected chi connectivity index (χ4v) is 2.45.